The van der Waals surface area contributed by atoms with Crippen LogP contribution in [-0.2, 0) is 0 Å². The summed E-state index contributed by atoms with van der Waals surface area (Å²) in [5.41, 5.74) is 10.4. The molecular weight excluding hydrogens is 378 g/mol. The van der Waals surface area contributed by atoms with Crippen LogP contribution in [-0.4, -0.2) is 47.7 Å². The number of pyridine rings is 2. The molecule has 1 amide bonds. The van der Waals surface area contributed by atoms with Gasteiger partial charge < -0.3 is 20.7 Å². The third kappa shape index (κ3) is 4.12. The van der Waals surface area contributed by atoms with Crippen LogP contribution in [0, 0.1) is 12.8 Å². The molecule has 160 valence electrons. The van der Waals surface area contributed by atoms with Crippen molar-refractivity contribution >= 4 is 11.6 Å². The van der Waals surface area contributed by atoms with Crippen LogP contribution in [0.5, 0.6) is 5.88 Å². The van der Waals surface area contributed by atoms with Gasteiger partial charge in [-0.25, -0.2) is 4.98 Å². The predicted molar refractivity (Wildman–Crippen MR) is 118 cm³/mol. The molecule has 1 aliphatic heterocycles. The molecule has 7 nitrogen and oxygen atoms in total. The van der Waals surface area contributed by atoms with E-state index < -0.39 is 0 Å². The van der Waals surface area contributed by atoms with Crippen LogP contribution in [0.25, 0.3) is 11.1 Å². The van der Waals surface area contributed by atoms with E-state index in [1.165, 1.54) is 12.8 Å². The van der Waals surface area contributed by atoms with E-state index in [0.29, 0.717) is 23.9 Å². The van der Waals surface area contributed by atoms with Gasteiger partial charge >= 0.3 is 0 Å². The average molecular weight is 410 g/mol. The SMILES string of the molecule is COc1cc(-c2c(C)ncc(C(=O)N[C@@H](C)C3CC3)c2N2CC[C@](C)(N)C2)ccn1. The summed E-state index contributed by atoms with van der Waals surface area (Å²) in [6.45, 7) is 7.59. The smallest absolute Gasteiger partial charge is 0.255 e. The van der Waals surface area contributed by atoms with Gasteiger partial charge in [0.25, 0.3) is 5.91 Å². The molecule has 1 aliphatic carbocycles. The van der Waals surface area contributed by atoms with E-state index in [1.54, 1.807) is 19.5 Å². The van der Waals surface area contributed by atoms with E-state index in [2.05, 4.69) is 34.0 Å². The number of nitrogens with zero attached hydrogens (tertiary/aromatic N) is 3. The third-order valence-corrected chi connectivity index (χ3v) is 6.23. The Bertz CT molecular complexity index is 955. The lowest BCUT2D eigenvalue weighted by Gasteiger charge is -2.28. The summed E-state index contributed by atoms with van der Waals surface area (Å²) < 4.78 is 5.33. The van der Waals surface area contributed by atoms with Crippen molar-refractivity contribution in [3.8, 4) is 17.0 Å². The van der Waals surface area contributed by atoms with E-state index >= 15 is 0 Å². The Morgan fingerprint density at radius 1 is 1.40 bits per heavy atom. The maximum atomic E-state index is 13.3. The largest absolute Gasteiger partial charge is 0.481 e. The molecule has 0 aromatic carbocycles. The molecule has 3 heterocycles. The van der Waals surface area contributed by atoms with Crippen molar-refractivity contribution in [2.24, 2.45) is 11.7 Å². The van der Waals surface area contributed by atoms with Crippen molar-refractivity contribution in [3.63, 3.8) is 0 Å². The van der Waals surface area contributed by atoms with E-state index in [1.807, 2.05) is 19.1 Å². The second-order valence-electron chi connectivity index (χ2n) is 8.99. The lowest BCUT2D eigenvalue weighted by Crippen LogP contribution is -2.40. The minimum atomic E-state index is -0.292. The molecule has 0 radical (unpaired) electrons. The van der Waals surface area contributed by atoms with Gasteiger partial charge in [0.05, 0.1) is 18.4 Å². The zero-order chi connectivity index (χ0) is 21.5. The highest BCUT2D eigenvalue weighted by Gasteiger charge is 2.35. The van der Waals surface area contributed by atoms with Gasteiger partial charge in [-0.3, -0.25) is 9.78 Å². The third-order valence-electron chi connectivity index (χ3n) is 6.23. The van der Waals surface area contributed by atoms with Crippen molar-refractivity contribution in [1.82, 2.24) is 15.3 Å². The highest BCUT2D eigenvalue weighted by atomic mass is 16.5. The average Bonchev–Trinajstić information content (AvgIpc) is 3.50. The predicted octanol–water partition coefficient (Wildman–Crippen LogP) is 2.92. The standard InChI is InChI=1S/C23H31N5O2/c1-14(16-5-6-16)27-22(29)18-12-26-15(2)20(17-7-9-25-19(11-17)30-4)21(18)28-10-8-23(3,24)13-28/h7,9,11-12,14,16H,5-6,8,10,13,24H2,1-4H3,(H,27,29)/t14-,23-/m0/s1. The van der Waals surface area contributed by atoms with E-state index in [9.17, 15) is 4.79 Å². The van der Waals surface area contributed by atoms with Gasteiger partial charge in [-0.05, 0) is 57.6 Å². The number of nitrogens with two attached hydrogens (primary N) is 1. The quantitative estimate of drug-likeness (QED) is 0.762. The molecule has 1 saturated heterocycles. The molecule has 2 aromatic heterocycles. The highest BCUT2D eigenvalue weighted by molar-refractivity contribution is 6.04. The fourth-order valence-corrected chi connectivity index (χ4v) is 4.28. The number of aromatic nitrogens is 2. The Morgan fingerprint density at radius 2 is 2.17 bits per heavy atom. The molecule has 7 heteroatoms. The first-order valence-electron chi connectivity index (χ1n) is 10.6. The normalized spacial score (nSPS) is 22.1. The number of methoxy groups -OCH3 is 1. The summed E-state index contributed by atoms with van der Waals surface area (Å²) in [4.78, 5) is 24.3. The summed E-state index contributed by atoms with van der Waals surface area (Å²) >= 11 is 0. The van der Waals surface area contributed by atoms with Gasteiger partial charge in [-0.2, -0.15) is 0 Å². The molecule has 2 aliphatic rings. The number of nitrogens with one attached hydrogen (secondary N) is 1. The van der Waals surface area contributed by atoms with Gasteiger partial charge in [0.1, 0.15) is 0 Å². The van der Waals surface area contributed by atoms with Crippen molar-refractivity contribution in [2.45, 2.75) is 51.6 Å². The Kier molecular flexibility index (Phi) is 5.40. The van der Waals surface area contributed by atoms with Gasteiger partial charge in [0, 0.05) is 54.4 Å². The first-order chi connectivity index (χ1) is 14.3. The van der Waals surface area contributed by atoms with E-state index in [0.717, 1.165) is 35.5 Å². The molecule has 0 bridgehead atoms. The van der Waals surface area contributed by atoms with Crippen LogP contribution in [0.1, 0.15) is 49.2 Å². The number of amides is 1. The second-order valence-corrected chi connectivity index (χ2v) is 8.99. The zero-order valence-corrected chi connectivity index (χ0v) is 18.2. The number of anilines is 1. The monoisotopic (exact) mass is 409 g/mol. The van der Waals surface area contributed by atoms with Crippen LogP contribution >= 0.6 is 0 Å². The lowest BCUT2D eigenvalue weighted by molar-refractivity contribution is 0.0936. The van der Waals surface area contributed by atoms with Crippen LogP contribution in [0.2, 0.25) is 0 Å². The van der Waals surface area contributed by atoms with Crippen molar-refractivity contribution in [3.05, 3.63) is 35.8 Å². The molecule has 2 aromatic rings. The van der Waals surface area contributed by atoms with E-state index in [4.69, 9.17) is 10.5 Å². The second kappa shape index (κ2) is 7.87. The Hall–Kier alpha value is -2.67. The van der Waals surface area contributed by atoms with Crippen molar-refractivity contribution < 1.29 is 9.53 Å². The minimum Gasteiger partial charge on any atom is -0.481 e. The summed E-state index contributed by atoms with van der Waals surface area (Å²) in [6, 6.07) is 3.98. The molecule has 30 heavy (non-hydrogen) atoms. The minimum absolute atomic E-state index is 0.0789. The number of rotatable bonds is 6. The van der Waals surface area contributed by atoms with Crippen LogP contribution in [0.3, 0.4) is 0 Å². The first-order valence-corrected chi connectivity index (χ1v) is 10.6. The number of aryl methyl sites for hydroxylation is 1. The summed E-state index contributed by atoms with van der Waals surface area (Å²) in [5, 5.41) is 3.19. The number of hydrogen-bond acceptors (Lipinski definition) is 6. The Balaban J connectivity index is 1.82. The molecule has 2 fully saturated rings. The van der Waals surface area contributed by atoms with Crippen LogP contribution in [0.15, 0.2) is 24.5 Å². The van der Waals surface area contributed by atoms with Crippen molar-refractivity contribution in [2.75, 3.05) is 25.1 Å². The van der Waals surface area contributed by atoms with Gasteiger partial charge in [-0.15, -0.1) is 0 Å². The van der Waals surface area contributed by atoms with Crippen LogP contribution in [0.4, 0.5) is 5.69 Å². The Morgan fingerprint density at radius 3 is 2.80 bits per heavy atom. The fourth-order valence-electron chi connectivity index (χ4n) is 4.28. The van der Waals surface area contributed by atoms with Gasteiger partial charge in [0.15, 0.2) is 0 Å². The molecule has 1 saturated carbocycles. The molecule has 0 spiro atoms. The number of carbonyl (C=O) groups is 1. The topological polar surface area (TPSA) is 93.4 Å². The molecule has 2 atom stereocenters. The first kappa shape index (κ1) is 20.6. The molecule has 4 rings (SSSR count). The van der Waals surface area contributed by atoms with Gasteiger partial charge in [-0.1, -0.05) is 0 Å². The number of hydrogen-bond donors (Lipinski definition) is 2. The summed E-state index contributed by atoms with van der Waals surface area (Å²) in [6.07, 6.45) is 6.65. The zero-order valence-electron chi connectivity index (χ0n) is 18.2. The number of ether oxygens (including phenoxy) is 1. The number of carbonyl (C=O) groups excluding carboxylic acids is 1. The van der Waals surface area contributed by atoms with Crippen LogP contribution < -0.4 is 20.7 Å². The van der Waals surface area contributed by atoms with E-state index in [-0.39, 0.29) is 17.5 Å². The maximum absolute atomic E-state index is 13.3. The summed E-state index contributed by atoms with van der Waals surface area (Å²) in [5.74, 6) is 1.03. The lowest BCUT2D eigenvalue weighted by atomic mass is 9.98. The fraction of sp³-hybridized carbons (Fsp3) is 0.522. The van der Waals surface area contributed by atoms with Crippen molar-refractivity contribution in [1.29, 1.82) is 0 Å². The maximum Gasteiger partial charge on any atom is 0.255 e. The highest BCUT2D eigenvalue weighted by Crippen LogP contribution is 2.40. The molecule has 0 unspecified atom stereocenters. The molecular formula is C23H31N5O2. The summed E-state index contributed by atoms with van der Waals surface area (Å²) in [7, 11) is 1.60. The molecule has 3 N–H and O–H groups in total. The Labute approximate surface area is 178 Å². The van der Waals surface area contributed by atoms with Gasteiger partial charge in [0.2, 0.25) is 5.88 Å².